The summed E-state index contributed by atoms with van der Waals surface area (Å²) in [5.41, 5.74) is 7.19. The number of rotatable bonds is 1. The van der Waals surface area contributed by atoms with Crippen LogP contribution in [0.5, 0.6) is 0 Å². The third kappa shape index (κ3) is 2.68. The van der Waals surface area contributed by atoms with E-state index in [9.17, 15) is 4.79 Å². The number of nitrogens with zero attached hydrogens (tertiary/aromatic N) is 1. The number of aryl methyl sites for hydroxylation is 2. The molecule has 0 saturated heterocycles. The molecule has 138 valence electrons. The quantitative estimate of drug-likeness (QED) is 0.597. The van der Waals surface area contributed by atoms with Crippen molar-refractivity contribution >= 4 is 16.7 Å². The van der Waals surface area contributed by atoms with Crippen LogP contribution in [-0.2, 0) is 11.8 Å². The van der Waals surface area contributed by atoms with Gasteiger partial charge in [0.15, 0.2) is 5.78 Å². The summed E-state index contributed by atoms with van der Waals surface area (Å²) in [5, 5.41) is 10.1. The van der Waals surface area contributed by atoms with Crippen LogP contribution in [0.15, 0.2) is 30.3 Å². The fraction of sp³-hybridized carbons (Fsp3) is 0.333. The van der Waals surface area contributed by atoms with Crippen molar-refractivity contribution in [3.8, 4) is 6.07 Å². The van der Waals surface area contributed by atoms with Crippen LogP contribution in [-0.4, -0.2) is 10.8 Å². The molecule has 0 fully saturated rings. The molecule has 1 N–H and O–H groups in total. The first kappa shape index (κ1) is 18.9. The highest BCUT2D eigenvalue weighted by molar-refractivity contribution is 6.20. The number of carbonyl (C=O) groups is 1. The van der Waals surface area contributed by atoms with Crippen molar-refractivity contribution in [2.75, 3.05) is 0 Å². The Kier molecular flexibility index (Phi) is 4.70. The summed E-state index contributed by atoms with van der Waals surface area (Å²) < 4.78 is 0. The topological polar surface area (TPSA) is 56.6 Å². The number of fused-ring (bicyclic) bond motifs is 4. The number of carbonyl (C=O) groups excluding carboxylic acids is 1. The number of hydrogen-bond acceptors (Lipinski definition) is 2. The zero-order valence-electron chi connectivity index (χ0n) is 16.9. The zero-order chi connectivity index (χ0) is 19.9. The SMILES string of the molecule is CC.CCc1cc2c(cc1C)C(C)(C)c1[nH]c3cc(C#N)ccc3c1C2=O. The fourth-order valence-electron chi connectivity index (χ4n) is 4.08. The third-order valence-electron chi connectivity index (χ3n) is 5.55. The van der Waals surface area contributed by atoms with Crippen LogP contribution in [0.1, 0.15) is 78.5 Å². The highest BCUT2D eigenvalue weighted by Crippen LogP contribution is 2.44. The molecule has 0 radical (unpaired) electrons. The molecule has 4 rings (SSSR count). The maximum Gasteiger partial charge on any atom is 0.195 e. The van der Waals surface area contributed by atoms with E-state index in [2.05, 4.69) is 50.9 Å². The van der Waals surface area contributed by atoms with Crippen LogP contribution in [0.25, 0.3) is 10.9 Å². The van der Waals surface area contributed by atoms with E-state index in [1.54, 1.807) is 6.07 Å². The minimum atomic E-state index is -0.290. The van der Waals surface area contributed by atoms with E-state index in [1.165, 1.54) is 11.1 Å². The van der Waals surface area contributed by atoms with Gasteiger partial charge in [0.1, 0.15) is 0 Å². The number of nitrogens with one attached hydrogen (secondary N) is 1. The second kappa shape index (κ2) is 6.70. The van der Waals surface area contributed by atoms with Crippen LogP contribution in [0, 0.1) is 18.3 Å². The molecule has 0 amide bonds. The van der Waals surface area contributed by atoms with E-state index < -0.39 is 0 Å². The normalized spacial score (nSPS) is 14.0. The van der Waals surface area contributed by atoms with Gasteiger partial charge in [-0.1, -0.05) is 46.8 Å². The summed E-state index contributed by atoms with van der Waals surface area (Å²) in [4.78, 5) is 16.7. The van der Waals surface area contributed by atoms with E-state index in [0.29, 0.717) is 5.56 Å². The number of H-pyrrole nitrogens is 1. The summed E-state index contributed by atoms with van der Waals surface area (Å²) in [5.74, 6) is 0.0787. The molecule has 0 aliphatic heterocycles. The molecule has 0 saturated carbocycles. The molecule has 27 heavy (non-hydrogen) atoms. The van der Waals surface area contributed by atoms with Gasteiger partial charge in [-0.2, -0.15) is 5.26 Å². The monoisotopic (exact) mass is 358 g/mol. The number of aromatic amines is 1. The van der Waals surface area contributed by atoms with Gasteiger partial charge >= 0.3 is 0 Å². The van der Waals surface area contributed by atoms with Crippen molar-refractivity contribution in [2.24, 2.45) is 0 Å². The van der Waals surface area contributed by atoms with Crippen molar-refractivity contribution < 1.29 is 4.79 Å². The van der Waals surface area contributed by atoms with Crippen molar-refractivity contribution in [2.45, 2.75) is 53.4 Å². The van der Waals surface area contributed by atoms with Gasteiger partial charge in [0.25, 0.3) is 0 Å². The molecular formula is C24H26N2O. The third-order valence-corrected chi connectivity index (χ3v) is 5.55. The predicted octanol–water partition coefficient (Wildman–Crippen LogP) is 5.81. The Hall–Kier alpha value is -2.86. The lowest BCUT2D eigenvalue weighted by Crippen LogP contribution is -2.30. The van der Waals surface area contributed by atoms with Gasteiger partial charge in [0, 0.05) is 27.6 Å². The summed E-state index contributed by atoms with van der Waals surface area (Å²) in [6.45, 7) is 12.5. The molecule has 3 aromatic rings. The van der Waals surface area contributed by atoms with Gasteiger partial charge in [0.2, 0.25) is 0 Å². The van der Waals surface area contributed by atoms with Gasteiger partial charge in [-0.25, -0.2) is 0 Å². The summed E-state index contributed by atoms with van der Waals surface area (Å²) >= 11 is 0. The van der Waals surface area contributed by atoms with Gasteiger partial charge in [-0.3, -0.25) is 4.79 Å². The van der Waals surface area contributed by atoms with Crippen LogP contribution < -0.4 is 0 Å². The molecule has 0 spiro atoms. The van der Waals surface area contributed by atoms with Gasteiger partial charge in [-0.05, 0) is 48.2 Å². The molecule has 3 heteroatoms. The molecule has 1 aromatic heterocycles. The maximum atomic E-state index is 13.3. The van der Waals surface area contributed by atoms with Crippen LogP contribution in [0.4, 0.5) is 0 Å². The molecule has 0 bridgehead atoms. The molecule has 1 aliphatic carbocycles. The number of aromatic nitrogens is 1. The minimum Gasteiger partial charge on any atom is -0.357 e. The fourth-order valence-corrected chi connectivity index (χ4v) is 4.08. The molecular weight excluding hydrogens is 332 g/mol. The van der Waals surface area contributed by atoms with Crippen molar-refractivity contribution in [3.63, 3.8) is 0 Å². The average molecular weight is 358 g/mol. The Morgan fingerprint density at radius 3 is 2.48 bits per heavy atom. The molecule has 0 atom stereocenters. The molecule has 2 aromatic carbocycles. The lowest BCUT2D eigenvalue weighted by Gasteiger charge is -2.33. The Morgan fingerprint density at radius 2 is 1.85 bits per heavy atom. The minimum absolute atomic E-state index is 0.0787. The zero-order valence-corrected chi connectivity index (χ0v) is 16.9. The highest BCUT2D eigenvalue weighted by atomic mass is 16.1. The standard InChI is InChI=1S/C22H20N2O.C2H6/c1-5-14-10-16-17(8-12(14)2)22(3,4)21-19(20(16)25)15-7-6-13(11-23)9-18(15)24-21;1-2/h6-10,24H,5H2,1-4H3;1-2H3. The second-order valence-electron chi connectivity index (χ2n) is 7.38. The van der Waals surface area contributed by atoms with Crippen LogP contribution >= 0.6 is 0 Å². The highest BCUT2D eigenvalue weighted by Gasteiger charge is 2.39. The van der Waals surface area contributed by atoms with E-state index in [4.69, 9.17) is 5.26 Å². The van der Waals surface area contributed by atoms with E-state index in [1.807, 2.05) is 26.0 Å². The summed E-state index contributed by atoms with van der Waals surface area (Å²) in [6, 6.07) is 11.9. The first-order valence-corrected chi connectivity index (χ1v) is 9.63. The summed E-state index contributed by atoms with van der Waals surface area (Å²) in [6.07, 6.45) is 0.916. The number of ketones is 1. The smallest absolute Gasteiger partial charge is 0.195 e. The molecule has 3 nitrogen and oxygen atoms in total. The molecule has 1 aliphatic rings. The number of hydrogen-bond donors (Lipinski definition) is 1. The Balaban J connectivity index is 0.00000102. The van der Waals surface area contributed by atoms with Gasteiger partial charge in [-0.15, -0.1) is 0 Å². The predicted molar refractivity (Wildman–Crippen MR) is 110 cm³/mol. The summed E-state index contributed by atoms with van der Waals surface area (Å²) in [7, 11) is 0. The largest absolute Gasteiger partial charge is 0.357 e. The second-order valence-corrected chi connectivity index (χ2v) is 7.38. The van der Waals surface area contributed by atoms with E-state index in [-0.39, 0.29) is 11.2 Å². The van der Waals surface area contributed by atoms with Crippen molar-refractivity contribution in [3.05, 3.63) is 69.4 Å². The van der Waals surface area contributed by atoms with Crippen LogP contribution in [0.2, 0.25) is 0 Å². The Labute approximate surface area is 161 Å². The van der Waals surface area contributed by atoms with Gasteiger partial charge < -0.3 is 4.98 Å². The van der Waals surface area contributed by atoms with E-state index in [0.717, 1.165) is 39.7 Å². The molecule has 1 heterocycles. The van der Waals surface area contributed by atoms with Crippen LogP contribution in [0.3, 0.4) is 0 Å². The molecule has 0 unspecified atom stereocenters. The maximum absolute atomic E-state index is 13.3. The average Bonchev–Trinajstić information content (AvgIpc) is 3.07. The first-order valence-electron chi connectivity index (χ1n) is 9.63. The van der Waals surface area contributed by atoms with E-state index >= 15 is 0 Å². The Morgan fingerprint density at radius 1 is 1.15 bits per heavy atom. The lowest BCUT2D eigenvalue weighted by molar-refractivity contribution is 0.103. The van der Waals surface area contributed by atoms with Crippen molar-refractivity contribution in [1.29, 1.82) is 5.26 Å². The Bertz CT molecular complexity index is 1090. The first-order chi connectivity index (χ1) is 12.9. The lowest BCUT2D eigenvalue weighted by atomic mass is 9.70. The van der Waals surface area contributed by atoms with Gasteiger partial charge in [0.05, 0.1) is 17.2 Å². The van der Waals surface area contributed by atoms with Crippen molar-refractivity contribution in [1.82, 2.24) is 4.98 Å². The number of nitriles is 1. The number of benzene rings is 2.